The second-order valence-electron chi connectivity index (χ2n) is 5.68. The summed E-state index contributed by atoms with van der Waals surface area (Å²) in [6.45, 7) is 2.13. The van der Waals surface area contributed by atoms with Gasteiger partial charge in [0.2, 0.25) is 0 Å². The van der Waals surface area contributed by atoms with Crippen molar-refractivity contribution in [1.29, 1.82) is 0 Å². The molecular formula is C15H21NO. The van der Waals surface area contributed by atoms with E-state index in [9.17, 15) is 0 Å². The van der Waals surface area contributed by atoms with Crippen LogP contribution in [-0.2, 0) is 5.54 Å². The predicted octanol–water partition coefficient (Wildman–Crippen LogP) is 3.26. The molecule has 0 saturated heterocycles. The van der Waals surface area contributed by atoms with E-state index < -0.39 is 0 Å². The van der Waals surface area contributed by atoms with Gasteiger partial charge in [-0.1, -0.05) is 30.5 Å². The molecule has 2 nitrogen and oxygen atoms in total. The predicted molar refractivity (Wildman–Crippen MR) is 69.2 cm³/mol. The summed E-state index contributed by atoms with van der Waals surface area (Å²) >= 11 is 0. The van der Waals surface area contributed by atoms with E-state index in [-0.39, 0.29) is 5.54 Å². The fourth-order valence-corrected chi connectivity index (χ4v) is 2.78. The van der Waals surface area contributed by atoms with Crippen LogP contribution in [0.4, 0.5) is 0 Å². The highest BCUT2D eigenvalue weighted by Crippen LogP contribution is 2.42. The average Bonchev–Trinajstić information content (AvgIpc) is 3.01. The van der Waals surface area contributed by atoms with Crippen molar-refractivity contribution in [2.24, 2.45) is 5.73 Å². The van der Waals surface area contributed by atoms with Gasteiger partial charge in [0.1, 0.15) is 5.75 Å². The molecular weight excluding hydrogens is 210 g/mol. The summed E-state index contributed by atoms with van der Waals surface area (Å²) in [5, 5.41) is 0. The van der Waals surface area contributed by atoms with E-state index in [4.69, 9.17) is 10.5 Å². The lowest BCUT2D eigenvalue weighted by molar-refractivity contribution is 0.290. The molecule has 2 saturated carbocycles. The van der Waals surface area contributed by atoms with Crippen LogP contribution < -0.4 is 10.5 Å². The molecule has 17 heavy (non-hydrogen) atoms. The number of rotatable bonds is 3. The zero-order chi connectivity index (χ0) is 11.9. The average molecular weight is 231 g/mol. The Kier molecular flexibility index (Phi) is 2.62. The van der Waals surface area contributed by atoms with Gasteiger partial charge in [0.25, 0.3) is 0 Å². The molecule has 0 spiro atoms. The van der Waals surface area contributed by atoms with E-state index in [1.54, 1.807) is 0 Å². The van der Waals surface area contributed by atoms with E-state index in [1.165, 1.54) is 36.8 Å². The standard InChI is InChI=1S/C15H21NO/c1-11-4-7-14(17-12-5-6-12)13(10-11)15(16)8-2-3-9-15/h4,7,10,12H,2-3,5-6,8-9,16H2,1H3. The summed E-state index contributed by atoms with van der Waals surface area (Å²) in [4.78, 5) is 0. The highest BCUT2D eigenvalue weighted by atomic mass is 16.5. The van der Waals surface area contributed by atoms with E-state index in [1.807, 2.05) is 0 Å². The van der Waals surface area contributed by atoms with Crippen LogP contribution in [0.15, 0.2) is 18.2 Å². The van der Waals surface area contributed by atoms with Crippen molar-refractivity contribution < 1.29 is 4.74 Å². The first-order chi connectivity index (χ1) is 8.17. The fraction of sp³-hybridized carbons (Fsp3) is 0.600. The number of aryl methyl sites for hydroxylation is 1. The Labute approximate surface area is 103 Å². The van der Waals surface area contributed by atoms with Crippen LogP contribution in [0, 0.1) is 6.92 Å². The quantitative estimate of drug-likeness (QED) is 0.866. The van der Waals surface area contributed by atoms with Gasteiger partial charge >= 0.3 is 0 Å². The third-order valence-electron chi connectivity index (χ3n) is 3.99. The van der Waals surface area contributed by atoms with Crippen LogP contribution >= 0.6 is 0 Å². The molecule has 0 aromatic heterocycles. The number of hydrogen-bond donors (Lipinski definition) is 1. The monoisotopic (exact) mass is 231 g/mol. The summed E-state index contributed by atoms with van der Waals surface area (Å²) in [7, 11) is 0. The van der Waals surface area contributed by atoms with Crippen LogP contribution in [0.25, 0.3) is 0 Å². The molecule has 0 atom stereocenters. The smallest absolute Gasteiger partial charge is 0.124 e. The molecule has 92 valence electrons. The number of hydrogen-bond acceptors (Lipinski definition) is 2. The normalized spacial score (nSPS) is 22.7. The molecule has 0 aliphatic heterocycles. The molecule has 0 amide bonds. The Balaban J connectivity index is 1.96. The van der Waals surface area contributed by atoms with Gasteiger partial charge in [-0.05, 0) is 38.7 Å². The van der Waals surface area contributed by atoms with Crippen LogP contribution in [0.2, 0.25) is 0 Å². The van der Waals surface area contributed by atoms with Crippen molar-refractivity contribution in [3.05, 3.63) is 29.3 Å². The van der Waals surface area contributed by atoms with E-state index in [0.717, 1.165) is 18.6 Å². The van der Waals surface area contributed by atoms with Gasteiger partial charge in [-0.3, -0.25) is 0 Å². The first-order valence-corrected chi connectivity index (χ1v) is 6.74. The van der Waals surface area contributed by atoms with Gasteiger partial charge in [0, 0.05) is 11.1 Å². The summed E-state index contributed by atoms with van der Waals surface area (Å²) in [6, 6.07) is 6.46. The van der Waals surface area contributed by atoms with E-state index in [2.05, 4.69) is 25.1 Å². The minimum Gasteiger partial charge on any atom is -0.490 e. The van der Waals surface area contributed by atoms with Crippen LogP contribution in [-0.4, -0.2) is 6.10 Å². The Morgan fingerprint density at radius 2 is 1.94 bits per heavy atom. The van der Waals surface area contributed by atoms with Crippen molar-refractivity contribution in [3.63, 3.8) is 0 Å². The van der Waals surface area contributed by atoms with Crippen molar-refractivity contribution in [1.82, 2.24) is 0 Å². The summed E-state index contributed by atoms with van der Waals surface area (Å²) in [6.07, 6.45) is 7.52. The van der Waals surface area contributed by atoms with Gasteiger partial charge in [0.15, 0.2) is 0 Å². The third kappa shape index (κ3) is 2.19. The first kappa shape index (κ1) is 11.1. The molecule has 1 aromatic carbocycles. The molecule has 2 fully saturated rings. The van der Waals surface area contributed by atoms with Gasteiger partial charge < -0.3 is 10.5 Å². The summed E-state index contributed by atoms with van der Waals surface area (Å²) in [5.41, 5.74) is 8.94. The van der Waals surface area contributed by atoms with Crippen molar-refractivity contribution >= 4 is 0 Å². The highest BCUT2D eigenvalue weighted by molar-refractivity contribution is 5.42. The second-order valence-corrected chi connectivity index (χ2v) is 5.68. The molecule has 0 heterocycles. The van der Waals surface area contributed by atoms with Crippen molar-refractivity contribution in [2.45, 2.75) is 57.1 Å². The molecule has 0 radical (unpaired) electrons. The summed E-state index contributed by atoms with van der Waals surface area (Å²) < 4.78 is 6.01. The lowest BCUT2D eigenvalue weighted by Crippen LogP contribution is -2.33. The second kappa shape index (κ2) is 4.02. The van der Waals surface area contributed by atoms with Crippen LogP contribution in [0.3, 0.4) is 0 Å². The maximum absolute atomic E-state index is 6.57. The Morgan fingerprint density at radius 3 is 2.59 bits per heavy atom. The molecule has 0 unspecified atom stereocenters. The molecule has 2 aliphatic rings. The van der Waals surface area contributed by atoms with Crippen molar-refractivity contribution in [2.75, 3.05) is 0 Å². The maximum Gasteiger partial charge on any atom is 0.124 e. The zero-order valence-corrected chi connectivity index (χ0v) is 10.5. The molecule has 3 rings (SSSR count). The van der Waals surface area contributed by atoms with E-state index >= 15 is 0 Å². The zero-order valence-electron chi connectivity index (χ0n) is 10.5. The topological polar surface area (TPSA) is 35.2 Å². The van der Waals surface area contributed by atoms with Gasteiger partial charge in [0.05, 0.1) is 6.10 Å². The number of ether oxygens (including phenoxy) is 1. The van der Waals surface area contributed by atoms with Gasteiger partial charge in [-0.25, -0.2) is 0 Å². The molecule has 1 aromatic rings. The molecule has 0 bridgehead atoms. The van der Waals surface area contributed by atoms with Crippen LogP contribution in [0.5, 0.6) is 5.75 Å². The highest BCUT2D eigenvalue weighted by Gasteiger charge is 2.35. The van der Waals surface area contributed by atoms with Gasteiger partial charge in [-0.2, -0.15) is 0 Å². The number of nitrogens with two attached hydrogens (primary N) is 1. The first-order valence-electron chi connectivity index (χ1n) is 6.74. The lowest BCUT2D eigenvalue weighted by atomic mass is 9.87. The molecule has 2 aliphatic carbocycles. The SMILES string of the molecule is Cc1ccc(OC2CC2)c(C2(N)CCCC2)c1. The largest absolute Gasteiger partial charge is 0.490 e. The van der Waals surface area contributed by atoms with Gasteiger partial charge in [-0.15, -0.1) is 0 Å². The Morgan fingerprint density at radius 1 is 1.24 bits per heavy atom. The molecule has 2 N–H and O–H groups in total. The Bertz CT molecular complexity index is 417. The maximum atomic E-state index is 6.57. The summed E-state index contributed by atoms with van der Waals surface area (Å²) in [5.74, 6) is 1.03. The Hall–Kier alpha value is -1.02. The lowest BCUT2D eigenvalue weighted by Gasteiger charge is -2.27. The third-order valence-corrected chi connectivity index (χ3v) is 3.99. The van der Waals surface area contributed by atoms with Crippen molar-refractivity contribution in [3.8, 4) is 5.75 Å². The molecule has 2 heteroatoms. The van der Waals surface area contributed by atoms with Crippen LogP contribution in [0.1, 0.15) is 49.7 Å². The minimum absolute atomic E-state index is 0.143. The minimum atomic E-state index is -0.143. The van der Waals surface area contributed by atoms with E-state index in [0.29, 0.717) is 6.10 Å². The fourth-order valence-electron chi connectivity index (χ4n) is 2.78. The number of benzene rings is 1.